The minimum Gasteiger partial charge on any atom is -0.353 e. The number of aromatic nitrogens is 12. The fourth-order valence-corrected chi connectivity index (χ4v) is 11.5. The molecule has 0 radical (unpaired) electrons. The van der Waals surface area contributed by atoms with E-state index in [1.54, 1.807) is 12.1 Å². The van der Waals surface area contributed by atoms with E-state index < -0.39 is 31.8 Å². The molecule has 0 aliphatic heterocycles. The summed E-state index contributed by atoms with van der Waals surface area (Å²) < 4.78 is 84.1. The summed E-state index contributed by atoms with van der Waals surface area (Å²) in [4.78, 5) is 13.4. The second-order valence-corrected chi connectivity index (χ2v) is 23.7. The van der Waals surface area contributed by atoms with Crippen molar-refractivity contribution < 1.29 is 30.0 Å². The number of H-pyrrole nitrogens is 8. The van der Waals surface area contributed by atoms with E-state index >= 15 is 0 Å². The lowest BCUT2D eigenvalue weighted by Gasteiger charge is -2.05. The summed E-state index contributed by atoms with van der Waals surface area (Å²) in [6, 6.07) is 57.3. The largest absolute Gasteiger partial charge is 0.416 e. The first-order chi connectivity index (χ1) is 41.3. The summed E-state index contributed by atoms with van der Waals surface area (Å²) in [6.45, 7) is 4.26. The molecule has 8 aromatic heterocycles. The molecule has 0 amide bonds. The first kappa shape index (κ1) is 54.6. The zero-order valence-electron chi connectivity index (χ0n) is 45.4. The van der Waals surface area contributed by atoms with E-state index in [1.165, 1.54) is 52.2 Å². The van der Waals surface area contributed by atoms with Crippen LogP contribution in [0, 0.1) is 13.8 Å². The first-order valence-corrected chi connectivity index (χ1v) is 29.7. The van der Waals surface area contributed by atoms with Gasteiger partial charge in [-0.25, -0.2) is 27.1 Å². The number of sulfonamides is 2. The van der Waals surface area contributed by atoms with Crippen LogP contribution in [0.5, 0.6) is 0 Å². The number of benzene rings is 8. The van der Waals surface area contributed by atoms with Crippen molar-refractivity contribution in [1.29, 1.82) is 0 Å². The van der Waals surface area contributed by atoms with Gasteiger partial charge >= 0.3 is 6.18 Å². The molecule has 12 N–H and O–H groups in total. The first-order valence-electron chi connectivity index (χ1n) is 26.6. The number of rotatable bonds is 6. The molecule has 8 heterocycles. The van der Waals surface area contributed by atoms with Gasteiger partial charge in [0.1, 0.15) is 22.8 Å². The highest BCUT2D eigenvalue weighted by Gasteiger charge is 2.31. The highest BCUT2D eigenvalue weighted by molar-refractivity contribution is 7.89. The molecule has 0 atom stereocenters. The van der Waals surface area contributed by atoms with E-state index in [-0.39, 0.29) is 9.79 Å². The van der Waals surface area contributed by atoms with Crippen LogP contribution >= 0.6 is 0 Å². The number of halogens is 3. The maximum absolute atomic E-state index is 12.7. The molecule has 0 bridgehead atoms. The molecule has 16 aromatic rings. The van der Waals surface area contributed by atoms with Crippen LogP contribution in [-0.4, -0.2) is 77.6 Å². The molecule has 0 fully saturated rings. The van der Waals surface area contributed by atoms with Crippen molar-refractivity contribution in [3.63, 3.8) is 0 Å². The molecular weight excluding hydrogens is 1140 g/mol. The fraction of sp³-hybridized carbons (Fsp3) is 0.0476. The van der Waals surface area contributed by atoms with Crippen LogP contribution in [-0.2, 0) is 26.2 Å². The maximum Gasteiger partial charge on any atom is 0.416 e. The lowest BCUT2D eigenvalue weighted by Crippen LogP contribution is -2.11. The fourth-order valence-electron chi connectivity index (χ4n) is 10.4. The maximum atomic E-state index is 12.7. The van der Waals surface area contributed by atoms with Gasteiger partial charge in [-0.2, -0.15) is 33.6 Å². The topological polar surface area (TPSA) is 298 Å². The molecule has 0 aliphatic carbocycles. The Morgan fingerprint density at radius 1 is 0.349 bits per heavy atom. The summed E-state index contributed by atoms with van der Waals surface area (Å²) in [7, 11) is -7.47. The number of para-hydroxylation sites is 4. The zero-order chi connectivity index (χ0) is 59.6. The minimum atomic E-state index is -4.36. The molecule has 0 spiro atoms. The van der Waals surface area contributed by atoms with Gasteiger partial charge in [0.15, 0.2) is 0 Å². The number of alkyl halides is 3. The molecular formula is C63H49F3N14O4S2. The Hall–Kier alpha value is -10.6. The molecule has 86 heavy (non-hydrogen) atoms. The molecule has 8 aromatic carbocycles. The van der Waals surface area contributed by atoms with Crippen molar-refractivity contribution in [2.24, 2.45) is 10.3 Å². The third-order valence-electron chi connectivity index (χ3n) is 14.9. The summed E-state index contributed by atoms with van der Waals surface area (Å²) in [6.07, 6.45) is -4.36. The number of nitrogens with two attached hydrogens (primary N) is 2. The van der Waals surface area contributed by atoms with Crippen molar-refractivity contribution in [3.8, 4) is 45.6 Å². The van der Waals surface area contributed by atoms with Crippen molar-refractivity contribution in [2.45, 2.75) is 29.8 Å². The third-order valence-corrected chi connectivity index (χ3v) is 16.8. The second-order valence-electron chi connectivity index (χ2n) is 20.6. The number of nitrogens with zero attached hydrogens (tertiary/aromatic N) is 4. The van der Waals surface area contributed by atoms with Gasteiger partial charge < -0.3 is 19.9 Å². The van der Waals surface area contributed by atoms with Crippen LogP contribution in [0.2, 0.25) is 0 Å². The monoisotopic (exact) mass is 1190 g/mol. The van der Waals surface area contributed by atoms with E-state index in [9.17, 15) is 30.0 Å². The number of hydrogen-bond donors (Lipinski definition) is 10. The summed E-state index contributed by atoms with van der Waals surface area (Å²) in [5, 5.41) is 46.9. The highest BCUT2D eigenvalue weighted by atomic mass is 32.2. The standard InChI is InChI=1S/C17H15N3.C16H10F3N3.2C15H12N4O2S/c1-10-7-13-15(8-11(10)2)19-20-17(13)16-9-12-5-3-4-6-14(12)18-16;17-16(18,19)10-5-6-11-13(8-10)21-22-15(11)14-7-9-3-1-2-4-12(9)20-14;16-22(20,21)10-5-6-13-11(8-10)15(19-18-13)14-7-9-3-1-2-4-12(9)17-14;16-22(20,21)10-5-6-11-13(8-10)18-19-15(11)14-7-9-3-1-2-4-12(9)17-14/h3-9,18H,1-2H3,(H,19,20);1-8,20H,(H,21,22);2*1-8,17H,(H,18,19)(H2,16,20,21). The van der Waals surface area contributed by atoms with Crippen LogP contribution in [0.4, 0.5) is 13.2 Å². The quantitative estimate of drug-likeness (QED) is 0.0761. The second kappa shape index (κ2) is 21.2. The smallest absolute Gasteiger partial charge is 0.353 e. The Bertz CT molecular complexity index is 5360. The van der Waals surface area contributed by atoms with Crippen molar-refractivity contribution in [2.75, 3.05) is 0 Å². The van der Waals surface area contributed by atoms with E-state index in [1.807, 2.05) is 97.1 Å². The van der Waals surface area contributed by atoms with Gasteiger partial charge in [0.25, 0.3) is 0 Å². The van der Waals surface area contributed by atoms with Crippen LogP contribution in [0.15, 0.2) is 198 Å². The van der Waals surface area contributed by atoms with Crippen LogP contribution in [0.3, 0.4) is 0 Å². The Morgan fingerprint density at radius 3 is 1.10 bits per heavy atom. The number of aromatic amines is 8. The Balaban J connectivity index is 0.000000106. The van der Waals surface area contributed by atoms with Gasteiger partial charge in [0.05, 0.1) is 60.2 Å². The average molecular weight is 1190 g/mol. The molecule has 428 valence electrons. The predicted octanol–water partition coefficient (Wildman–Crippen LogP) is 13.8. The number of nitrogens with one attached hydrogen (secondary N) is 8. The summed E-state index contributed by atoms with van der Waals surface area (Å²) in [5.74, 6) is 0. The van der Waals surface area contributed by atoms with Crippen molar-refractivity contribution >= 4 is 107 Å². The van der Waals surface area contributed by atoms with E-state index in [4.69, 9.17) is 10.3 Å². The number of fused-ring (bicyclic) bond motifs is 8. The van der Waals surface area contributed by atoms with Crippen LogP contribution in [0.25, 0.3) is 133 Å². The van der Waals surface area contributed by atoms with E-state index in [2.05, 4.69) is 111 Å². The average Bonchev–Trinajstić information content (AvgIpc) is 3.16. The molecule has 0 aliphatic rings. The van der Waals surface area contributed by atoms with Gasteiger partial charge in [-0.3, -0.25) is 20.4 Å². The van der Waals surface area contributed by atoms with E-state index in [0.29, 0.717) is 33.2 Å². The minimum absolute atomic E-state index is 0.0619. The molecule has 23 heteroatoms. The third kappa shape index (κ3) is 10.6. The lowest BCUT2D eigenvalue weighted by atomic mass is 10.1. The Morgan fingerprint density at radius 2 is 0.686 bits per heavy atom. The summed E-state index contributed by atoms with van der Waals surface area (Å²) >= 11 is 0. The highest BCUT2D eigenvalue weighted by Crippen LogP contribution is 2.36. The van der Waals surface area contributed by atoms with Crippen LogP contribution in [0.1, 0.15) is 16.7 Å². The number of hydrogen-bond acceptors (Lipinski definition) is 8. The van der Waals surface area contributed by atoms with Gasteiger partial charge in [-0.1, -0.05) is 72.8 Å². The van der Waals surface area contributed by atoms with Crippen molar-refractivity contribution in [1.82, 2.24) is 60.7 Å². The van der Waals surface area contributed by atoms with Gasteiger partial charge in [-0.05, 0) is 140 Å². The molecule has 16 rings (SSSR count). The molecule has 0 unspecified atom stereocenters. The van der Waals surface area contributed by atoms with Gasteiger partial charge in [-0.15, -0.1) is 0 Å². The predicted molar refractivity (Wildman–Crippen MR) is 331 cm³/mol. The molecule has 0 saturated heterocycles. The normalized spacial score (nSPS) is 12.1. The molecule has 18 nitrogen and oxygen atoms in total. The number of aryl methyl sites for hydroxylation is 2. The summed E-state index contributed by atoms with van der Waals surface area (Å²) in [5.41, 5.74) is 15.3. The molecule has 0 saturated carbocycles. The van der Waals surface area contributed by atoms with Crippen LogP contribution < -0.4 is 10.3 Å². The van der Waals surface area contributed by atoms with E-state index in [0.717, 1.165) is 101 Å². The Labute approximate surface area is 486 Å². The Kier molecular flexibility index (Phi) is 13.5. The number of primary sulfonamides is 2. The zero-order valence-corrected chi connectivity index (χ0v) is 47.1. The van der Waals surface area contributed by atoms with Gasteiger partial charge in [0, 0.05) is 65.2 Å². The van der Waals surface area contributed by atoms with Gasteiger partial charge in [0.2, 0.25) is 20.0 Å². The SMILES string of the molecule is Cc1cc2[nH]nc(-c3cc4ccccc4[nH]3)c2cc1C.FC(F)(F)c1ccc2c(-c3cc4ccccc4[nH]3)n[nH]c2c1.NS(=O)(=O)c1ccc2[nH]nc(-c3cc4ccccc4[nH]3)c2c1.NS(=O)(=O)c1ccc2c(-c3cc4ccccc4[nH]3)n[nH]c2c1. The van der Waals surface area contributed by atoms with Crippen molar-refractivity contribution in [3.05, 3.63) is 205 Å². The lowest BCUT2D eigenvalue weighted by molar-refractivity contribution is -0.137.